The summed E-state index contributed by atoms with van der Waals surface area (Å²) in [5.41, 5.74) is 2.69. The van der Waals surface area contributed by atoms with Gasteiger partial charge in [-0.15, -0.1) is 0 Å². The maximum absolute atomic E-state index is 13.7. The number of aromatic nitrogens is 1. The summed E-state index contributed by atoms with van der Waals surface area (Å²) in [5, 5.41) is 7.53. The Kier molecular flexibility index (Phi) is 6.80. The number of nitrogens with one attached hydrogen (secondary N) is 2. The molecule has 4 rings (SSSR count). The van der Waals surface area contributed by atoms with Gasteiger partial charge in [0.05, 0.1) is 5.52 Å². The monoisotopic (exact) mass is 407 g/mol. The van der Waals surface area contributed by atoms with Crippen molar-refractivity contribution in [2.24, 2.45) is 5.92 Å². The molecule has 1 aliphatic rings. The lowest BCUT2D eigenvalue weighted by Gasteiger charge is -2.21. The van der Waals surface area contributed by atoms with Gasteiger partial charge in [0.2, 0.25) is 5.91 Å². The summed E-state index contributed by atoms with van der Waals surface area (Å²) in [7, 11) is 0. The zero-order chi connectivity index (χ0) is 20.8. The molecule has 1 saturated carbocycles. The number of halogens is 1. The first-order valence-corrected chi connectivity index (χ1v) is 11.0. The fraction of sp³-hybridized carbons (Fsp3) is 0.400. The topological polar surface area (TPSA) is 46.1 Å². The zero-order valence-corrected chi connectivity index (χ0v) is 17.4. The maximum atomic E-state index is 13.7. The molecule has 0 atom stereocenters. The van der Waals surface area contributed by atoms with Gasteiger partial charge in [0.15, 0.2) is 0 Å². The van der Waals surface area contributed by atoms with Crippen molar-refractivity contribution in [3.63, 3.8) is 0 Å². The van der Waals surface area contributed by atoms with Crippen LogP contribution in [-0.2, 0) is 11.3 Å². The lowest BCUT2D eigenvalue weighted by atomic mass is 9.89. The number of rotatable bonds is 8. The molecule has 1 aromatic heterocycles. The molecule has 1 fully saturated rings. The molecule has 3 aromatic rings. The number of carbonyl (C=O) groups excluding carboxylic acids is 1. The summed E-state index contributed by atoms with van der Waals surface area (Å²) < 4.78 is 15.7. The summed E-state index contributed by atoms with van der Waals surface area (Å²) in [5.74, 6) is 0.518. The first-order valence-electron chi connectivity index (χ1n) is 11.0. The third kappa shape index (κ3) is 5.08. The van der Waals surface area contributed by atoms with Crippen molar-refractivity contribution in [2.75, 3.05) is 19.6 Å². The van der Waals surface area contributed by atoms with Gasteiger partial charge < -0.3 is 15.2 Å². The Bertz CT molecular complexity index is 991. The normalized spacial score (nSPS) is 14.8. The second-order valence-corrected chi connectivity index (χ2v) is 8.26. The number of hydrogen-bond donors (Lipinski definition) is 2. The third-order valence-corrected chi connectivity index (χ3v) is 6.02. The number of benzene rings is 2. The second-order valence-electron chi connectivity index (χ2n) is 8.26. The summed E-state index contributed by atoms with van der Waals surface area (Å²) in [6.45, 7) is 2.72. The molecule has 0 aliphatic heterocycles. The molecular formula is C25H30FN3O. The van der Waals surface area contributed by atoms with Crippen molar-refractivity contribution in [1.82, 2.24) is 15.2 Å². The number of fused-ring (bicyclic) bond motifs is 1. The van der Waals surface area contributed by atoms with Crippen LogP contribution in [-0.4, -0.2) is 30.1 Å². The van der Waals surface area contributed by atoms with E-state index in [9.17, 15) is 9.18 Å². The lowest BCUT2D eigenvalue weighted by Crippen LogP contribution is -2.35. The third-order valence-electron chi connectivity index (χ3n) is 6.02. The second kappa shape index (κ2) is 9.90. The molecule has 0 spiro atoms. The smallest absolute Gasteiger partial charge is 0.239 e. The maximum Gasteiger partial charge on any atom is 0.239 e. The van der Waals surface area contributed by atoms with E-state index < -0.39 is 0 Å². The highest BCUT2D eigenvalue weighted by Crippen LogP contribution is 2.30. The highest BCUT2D eigenvalue weighted by Gasteiger charge is 2.13. The molecule has 158 valence electrons. The Labute approximate surface area is 177 Å². The van der Waals surface area contributed by atoms with E-state index in [0.717, 1.165) is 41.0 Å². The highest BCUT2D eigenvalue weighted by molar-refractivity contribution is 5.95. The van der Waals surface area contributed by atoms with Crippen LogP contribution in [0.3, 0.4) is 0 Å². The van der Waals surface area contributed by atoms with Crippen LogP contribution >= 0.6 is 0 Å². The molecule has 0 bridgehead atoms. The number of nitrogens with zero attached hydrogens (tertiary/aromatic N) is 1. The quantitative estimate of drug-likeness (QED) is 0.530. The molecular weight excluding hydrogens is 377 g/mol. The predicted octanol–water partition coefficient (Wildman–Crippen LogP) is 4.73. The van der Waals surface area contributed by atoms with Crippen LogP contribution in [0.25, 0.3) is 22.0 Å². The summed E-state index contributed by atoms with van der Waals surface area (Å²) >= 11 is 0. The Hall–Kier alpha value is -2.66. The number of carbonyl (C=O) groups is 1. The molecule has 1 aliphatic carbocycles. The largest absolute Gasteiger partial charge is 0.353 e. The first kappa shape index (κ1) is 20.6. The first-order chi connectivity index (χ1) is 14.7. The van der Waals surface area contributed by atoms with Crippen molar-refractivity contribution in [2.45, 2.75) is 38.6 Å². The zero-order valence-electron chi connectivity index (χ0n) is 17.4. The van der Waals surface area contributed by atoms with Crippen molar-refractivity contribution in [1.29, 1.82) is 0 Å². The fourth-order valence-corrected chi connectivity index (χ4v) is 4.48. The minimum Gasteiger partial charge on any atom is -0.353 e. The number of hydrogen-bond acceptors (Lipinski definition) is 2. The fourth-order valence-electron chi connectivity index (χ4n) is 4.48. The van der Waals surface area contributed by atoms with Crippen LogP contribution in [0.2, 0.25) is 0 Å². The van der Waals surface area contributed by atoms with Gasteiger partial charge in [-0.2, -0.15) is 0 Å². The van der Waals surface area contributed by atoms with Gasteiger partial charge in [0.25, 0.3) is 0 Å². The minimum absolute atomic E-state index is 0.0130. The molecule has 1 heterocycles. The predicted molar refractivity (Wildman–Crippen MR) is 120 cm³/mol. The van der Waals surface area contributed by atoms with Crippen molar-refractivity contribution in [3.05, 3.63) is 60.5 Å². The van der Waals surface area contributed by atoms with E-state index in [2.05, 4.69) is 10.6 Å². The van der Waals surface area contributed by atoms with E-state index in [4.69, 9.17) is 0 Å². The average Bonchev–Trinajstić information content (AvgIpc) is 3.17. The summed E-state index contributed by atoms with van der Waals surface area (Å²) in [6.07, 6.45) is 8.66. The SMILES string of the molecule is O=C(Cn1ccc2cccc(-c3cccc(F)c3)c21)NCCNCC1CCCCC1. The molecule has 2 N–H and O–H groups in total. The summed E-state index contributed by atoms with van der Waals surface area (Å²) in [6, 6.07) is 14.5. The Morgan fingerprint density at radius 1 is 1.03 bits per heavy atom. The van der Waals surface area contributed by atoms with Gasteiger partial charge in [0, 0.05) is 30.2 Å². The van der Waals surface area contributed by atoms with Crippen molar-refractivity contribution < 1.29 is 9.18 Å². The van der Waals surface area contributed by atoms with E-state index in [1.807, 2.05) is 41.1 Å². The van der Waals surface area contributed by atoms with Crippen LogP contribution in [0.4, 0.5) is 4.39 Å². The minimum atomic E-state index is -0.263. The van der Waals surface area contributed by atoms with Crippen LogP contribution in [0.1, 0.15) is 32.1 Å². The molecule has 2 aromatic carbocycles. The van der Waals surface area contributed by atoms with Crippen molar-refractivity contribution >= 4 is 16.8 Å². The van der Waals surface area contributed by atoms with Crippen LogP contribution in [0, 0.1) is 11.7 Å². The van der Waals surface area contributed by atoms with E-state index in [1.54, 1.807) is 6.07 Å². The highest BCUT2D eigenvalue weighted by atomic mass is 19.1. The van der Waals surface area contributed by atoms with Crippen LogP contribution in [0.5, 0.6) is 0 Å². The van der Waals surface area contributed by atoms with Gasteiger partial charge in [-0.05, 0) is 49.1 Å². The van der Waals surface area contributed by atoms with Crippen molar-refractivity contribution in [3.8, 4) is 11.1 Å². The van der Waals surface area contributed by atoms with Gasteiger partial charge >= 0.3 is 0 Å². The Balaban J connectivity index is 1.35. The summed E-state index contributed by atoms with van der Waals surface area (Å²) in [4.78, 5) is 12.5. The Morgan fingerprint density at radius 2 is 1.87 bits per heavy atom. The van der Waals surface area contributed by atoms with E-state index in [-0.39, 0.29) is 18.3 Å². The van der Waals surface area contributed by atoms with Gasteiger partial charge in [0.1, 0.15) is 12.4 Å². The van der Waals surface area contributed by atoms with E-state index in [0.29, 0.717) is 6.54 Å². The number of amides is 1. The Morgan fingerprint density at radius 3 is 2.70 bits per heavy atom. The molecule has 4 nitrogen and oxygen atoms in total. The molecule has 5 heteroatoms. The molecule has 1 amide bonds. The van der Waals surface area contributed by atoms with Crippen LogP contribution < -0.4 is 10.6 Å². The molecule has 0 saturated heterocycles. The molecule has 0 radical (unpaired) electrons. The average molecular weight is 408 g/mol. The molecule has 30 heavy (non-hydrogen) atoms. The van der Waals surface area contributed by atoms with Gasteiger partial charge in [-0.1, -0.05) is 49.6 Å². The standard InChI is InChI=1S/C25H30FN3O/c26-22-10-4-9-21(16-22)23-11-5-8-20-12-15-29(25(20)23)18-24(30)28-14-13-27-17-19-6-2-1-3-7-19/h4-5,8-12,15-16,19,27H,1-3,6-7,13-14,17-18H2,(H,28,30). The van der Waals surface area contributed by atoms with Crippen LogP contribution in [0.15, 0.2) is 54.7 Å². The van der Waals surface area contributed by atoms with Gasteiger partial charge in [-0.3, -0.25) is 4.79 Å². The van der Waals surface area contributed by atoms with E-state index >= 15 is 0 Å². The lowest BCUT2D eigenvalue weighted by molar-refractivity contribution is -0.121. The van der Waals surface area contributed by atoms with E-state index in [1.165, 1.54) is 44.2 Å². The van der Waals surface area contributed by atoms with Gasteiger partial charge in [-0.25, -0.2) is 4.39 Å². The molecule has 0 unspecified atom stereocenters. The number of para-hydroxylation sites is 1.